The predicted octanol–water partition coefficient (Wildman–Crippen LogP) is 0.669. The highest BCUT2D eigenvalue weighted by Gasteiger charge is 2.41. The third-order valence-electron chi connectivity index (χ3n) is 3.47. The fourth-order valence-electron chi connectivity index (χ4n) is 2.20. The maximum Gasteiger partial charge on any atom is 0.228 e. The first-order valence-corrected chi connectivity index (χ1v) is 8.01. The van der Waals surface area contributed by atoms with Gasteiger partial charge in [-0.15, -0.1) is 0 Å². The molecule has 1 heterocycles. The van der Waals surface area contributed by atoms with Crippen LogP contribution in [0.4, 0.5) is 0 Å². The summed E-state index contributed by atoms with van der Waals surface area (Å²) in [5.41, 5.74) is -0.391. The van der Waals surface area contributed by atoms with Crippen molar-refractivity contribution in [2.75, 3.05) is 26.2 Å². The van der Waals surface area contributed by atoms with Crippen molar-refractivity contribution in [1.82, 2.24) is 9.21 Å². The fourth-order valence-corrected chi connectivity index (χ4v) is 4.02. The molecule has 0 atom stereocenters. The number of piperazine rings is 1. The van der Waals surface area contributed by atoms with Gasteiger partial charge in [-0.1, -0.05) is 20.8 Å². The molecule has 5 nitrogen and oxygen atoms in total. The third-order valence-corrected chi connectivity index (χ3v) is 5.87. The standard InChI is InChI=1S/C12H22N2O3S/c1-12(2,3)11(15)13-6-8-14(9-7-13)18(16,17)10-4-5-10/h10H,4-9H2,1-3H3. The molecule has 6 heteroatoms. The van der Waals surface area contributed by atoms with E-state index in [0.717, 1.165) is 12.8 Å². The second-order valence-electron chi connectivity index (χ2n) is 6.19. The number of hydrogen-bond acceptors (Lipinski definition) is 3. The Morgan fingerprint density at radius 2 is 1.56 bits per heavy atom. The van der Waals surface area contributed by atoms with Gasteiger partial charge in [0.25, 0.3) is 0 Å². The summed E-state index contributed by atoms with van der Waals surface area (Å²) in [5.74, 6) is 0.103. The van der Waals surface area contributed by atoms with E-state index in [9.17, 15) is 13.2 Å². The molecule has 0 aromatic rings. The Balaban J connectivity index is 1.94. The molecule has 1 amide bonds. The Morgan fingerprint density at radius 1 is 1.06 bits per heavy atom. The van der Waals surface area contributed by atoms with Crippen molar-refractivity contribution in [1.29, 1.82) is 0 Å². The van der Waals surface area contributed by atoms with Crippen molar-refractivity contribution in [3.05, 3.63) is 0 Å². The zero-order chi connectivity index (χ0) is 13.6. The lowest BCUT2D eigenvalue weighted by molar-refractivity contribution is -0.140. The van der Waals surface area contributed by atoms with Gasteiger partial charge in [0.1, 0.15) is 0 Å². The van der Waals surface area contributed by atoms with Crippen molar-refractivity contribution in [2.24, 2.45) is 5.41 Å². The molecule has 1 aliphatic heterocycles. The van der Waals surface area contributed by atoms with Crippen molar-refractivity contribution < 1.29 is 13.2 Å². The summed E-state index contributed by atoms with van der Waals surface area (Å²) in [7, 11) is -3.08. The molecule has 2 fully saturated rings. The highest BCUT2D eigenvalue weighted by Crippen LogP contribution is 2.31. The molecule has 1 aliphatic carbocycles. The smallest absolute Gasteiger partial charge is 0.228 e. The summed E-state index contributed by atoms with van der Waals surface area (Å²) >= 11 is 0. The van der Waals surface area contributed by atoms with E-state index in [4.69, 9.17) is 0 Å². The van der Waals surface area contributed by atoms with E-state index in [-0.39, 0.29) is 11.2 Å². The Labute approximate surface area is 109 Å². The first-order chi connectivity index (χ1) is 8.23. The van der Waals surface area contributed by atoms with E-state index in [2.05, 4.69) is 0 Å². The number of carbonyl (C=O) groups excluding carboxylic acids is 1. The molecule has 0 N–H and O–H groups in total. The van der Waals surface area contributed by atoms with E-state index < -0.39 is 15.4 Å². The number of hydrogen-bond donors (Lipinski definition) is 0. The van der Waals surface area contributed by atoms with E-state index >= 15 is 0 Å². The summed E-state index contributed by atoms with van der Waals surface area (Å²) in [4.78, 5) is 13.9. The fraction of sp³-hybridized carbons (Fsp3) is 0.917. The van der Waals surface area contributed by atoms with Crippen molar-refractivity contribution in [3.8, 4) is 0 Å². The average Bonchev–Trinajstić information content (AvgIpc) is 3.11. The molecule has 0 radical (unpaired) electrons. The van der Waals surface area contributed by atoms with Crippen LogP contribution in [0, 0.1) is 5.41 Å². The van der Waals surface area contributed by atoms with Gasteiger partial charge < -0.3 is 4.90 Å². The Morgan fingerprint density at radius 3 is 1.94 bits per heavy atom. The van der Waals surface area contributed by atoms with Crippen LogP contribution in [-0.2, 0) is 14.8 Å². The lowest BCUT2D eigenvalue weighted by Gasteiger charge is -2.37. The third kappa shape index (κ3) is 2.69. The molecule has 2 aliphatic rings. The highest BCUT2D eigenvalue weighted by molar-refractivity contribution is 7.90. The summed E-state index contributed by atoms with van der Waals surface area (Å²) in [6.45, 7) is 7.60. The first kappa shape index (κ1) is 13.8. The van der Waals surface area contributed by atoms with Crippen LogP contribution < -0.4 is 0 Å². The minimum absolute atomic E-state index is 0.103. The summed E-state index contributed by atoms with van der Waals surface area (Å²) < 4.78 is 25.6. The molecule has 0 bridgehead atoms. The highest BCUT2D eigenvalue weighted by atomic mass is 32.2. The van der Waals surface area contributed by atoms with E-state index in [1.54, 1.807) is 9.21 Å². The van der Waals surface area contributed by atoms with Crippen LogP contribution in [0.25, 0.3) is 0 Å². The largest absolute Gasteiger partial charge is 0.340 e. The summed E-state index contributed by atoms with van der Waals surface area (Å²) in [5, 5.41) is -0.151. The van der Waals surface area contributed by atoms with Gasteiger partial charge >= 0.3 is 0 Å². The maximum absolute atomic E-state index is 12.1. The monoisotopic (exact) mass is 274 g/mol. The van der Waals surface area contributed by atoms with Crippen LogP contribution in [-0.4, -0.2) is 55.0 Å². The molecule has 0 aromatic carbocycles. The van der Waals surface area contributed by atoms with E-state index in [1.165, 1.54) is 0 Å². The molecule has 2 rings (SSSR count). The van der Waals surface area contributed by atoms with Gasteiger partial charge in [-0.25, -0.2) is 8.42 Å². The van der Waals surface area contributed by atoms with Gasteiger partial charge in [0.05, 0.1) is 5.25 Å². The first-order valence-electron chi connectivity index (χ1n) is 6.51. The lowest BCUT2D eigenvalue weighted by atomic mass is 9.94. The zero-order valence-corrected chi connectivity index (χ0v) is 12.2. The second-order valence-corrected chi connectivity index (χ2v) is 8.40. The molecule has 1 saturated carbocycles. The van der Waals surface area contributed by atoms with E-state index in [0.29, 0.717) is 26.2 Å². The van der Waals surface area contributed by atoms with Gasteiger partial charge in [0.15, 0.2) is 0 Å². The second kappa shape index (κ2) is 4.49. The minimum atomic E-state index is -3.08. The molecule has 0 unspecified atom stereocenters. The van der Waals surface area contributed by atoms with Crippen LogP contribution in [0.5, 0.6) is 0 Å². The number of nitrogens with zero attached hydrogens (tertiary/aromatic N) is 2. The SMILES string of the molecule is CC(C)(C)C(=O)N1CCN(S(=O)(=O)C2CC2)CC1. The molecule has 1 saturated heterocycles. The van der Waals surface area contributed by atoms with Crippen LogP contribution in [0.2, 0.25) is 0 Å². The van der Waals surface area contributed by atoms with Gasteiger partial charge in [0.2, 0.25) is 15.9 Å². The average molecular weight is 274 g/mol. The number of sulfonamides is 1. The van der Waals surface area contributed by atoms with Crippen molar-refractivity contribution in [2.45, 2.75) is 38.9 Å². The number of amides is 1. The van der Waals surface area contributed by atoms with Crippen LogP contribution in [0.15, 0.2) is 0 Å². The molecule has 18 heavy (non-hydrogen) atoms. The maximum atomic E-state index is 12.1. The lowest BCUT2D eigenvalue weighted by Crippen LogP contribution is -2.53. The normalized spacial score (nSPS) is 23.2. The van der Waals surface area contributed by atoms with Crippen LogP contribution >= 0.6 is 0 Å². The molecule has 0 spiro atoms. The van der Waals surface area contributed by atoms with Crippen molar-refractivity contribution in [3.63, 3.8) is 0 Å². The molecular weight excluding hydrogens is 252 g/mol. The van der Waals surface area contributed by atoms with Gasteiger partial charge in [-0.05, 0) is 12.8 Å². The van der Waals surface area contributed by atoms with Crippen LogP contribution in [0.1, 0.15) is 33.6 Å². The zero-order valence-electron chi connectivity index (χ0n) is 11.3. The van der Waals surface area contributed by atoms with Gasteiger partial charge in [-0.3, -0.25) is 4.79 Å². The van der Waals surface area contributed by atoms with Crippen LogP contribution in [0.3, 0.4) is 0 Å². The van der Waals surface area contributed by atoms with E-state index in [1.807, 2.05) is 20.8 Å². The number of rotatable bonds is 2. The van der Waals surface area contributed by atoms with Crippen molar-refractivity contribution >= 4 is 15.9 Å². The quantitative estimate of drug-likeness (QED) is 0.743. The number of carbonyl (C=O) groups is 1. The molecule has 0 aromatic heterocycles. The van der Waals surface area contributed by atoms with Gasteiger partial charge in [0, 0.05) is 31.6 Å². The molecule has 104 valence electrons. The predicted molar refractivity (Wildman–Crippen MR) is 69.5 cm³/mol. The summed E-state index contributed by atoms with van der Waals surface area (Å²) in [6, 6.07) is 0. The van der Waals surface area contributed by atoms with Gasteiger partial charge in [-0.2, -0.15) is 4.31 Å². The summed E-state index contributed by atoms with van der Waals surface area (Å²) in [6.07, 6.45) is 1.59. The minimum Gasteiger partial charge on any atom is -0.340 e. The Bertz CT molecular complexity index is 427. The molecular formula is C12H22N2O3S. The Hall–Kier alpha value is -0.620. The topological polar surface area (TPSA) is 57.7 Å². The Kier molecular flexibility index (Phi) is 3.44.